The van der Waals surface area contributed by atoms with E-state index in [1.165, 1.54) is 32.1 Å². The molecular weight excluding hydrogens is 216 g/mol. The highest BCUT2D eigenvalue weighted by atomic mass is 16.4. The summed E-state index contributed by atoms with van der Waals surface area (Å²) in [4.78, 5) is 2.09. The molecule has 1 aromatic rings. The first kappa shape index (κ1) is 12.4. The van der Waals surface area contributed by atoms with Gasteiger partial charge in [-0.25, -0.2) is 0 Å². The van der Waals surface area contributed by atoms with Crippen LogP contribution in [0.5, 0.6) is 0 Å². The van der Waals surface area contributed by atoms with Gasteiger partial charge in [0.15, 0.2) is 0 Å². The van der Waals surface area contributed by atoms with Crippen molar-refractivity contribution in [1.29, 1.82) is 0 Å². The molecule has 0 spiro atoms. The molecule has 0 amide bonds. The van der Waals surface area contributed by atoms with E-state index in [-0.39, 0.29) is 0 Å². The van der Waals surface area contributed by atoms with Crippen LogP contribution >= 0.6 is 0 Å². The maximum atomic E-state index is 5.57. The zero-order valence-electron chi connectivity index (χ0n) is 10.8. The number of anilines is 1. The van der Waals surface area contributed by atoms with Crippen LogP contribution in [0.4, 0.5) is 6.01 Å². The third-order valence-corrected chi connectivity index (χ3v) is 3.37. The number of rotatable bonds is 5. The van der Waals surface area contributed by atoms with Crippen molar-refractivity contribution in [2.75, 3.05) is 25.5 Å². The van der Waals surface area contributed by atoms with E-state index in [1.807, 2.05) is 14.1 Å². The molecule has 0 bridgehead atoms. The van der Waals surface area contributed by atoms with Gasteiger partial charge in [0.05, 0.1) is 6.54 Å². The van der Waals surface area contributed by atoms with Gasteiger partial charge >= 0.3 is 6.01 Å². The quantitative estimate of drug-likeness (QED) is 0.847. The maximum absolute atomic E-state index is 5.57. The second kappa shape index (κ2) is 6.00. The van der Waals surface area contributed by atoms with Gasteiger partial charge < -0.3 is 14.6 Å². The first-order chi connectivity index (χ1) is 8.29. The van der Waals surface area contributed by atoms with Gasteiger partial charge in [-0.05, 0) is 25.8 Å². The summed E-state index contributed by atoms with van der Waals surface area (Å²) < 4.78 is 5.57. The minimum Gasteiger partial charge on any atom is -0.407 e. The SMILES string of the molecule is CNCc1nnc(N(C)CC2CCCCC2)o1. The summed E-state index contributed by atoms with van der Waals surface area (Å²) in [7, 11) is 3.90. The Morgan fingerprint density at radius 2 is 2.06 bits per heavy atom. The molecule has 5 heteroatoms. The third-order valence-electron chi connectivity index (χ3n) is 3.37. The molecule has 0 aliphatic heterocycles. The van der Waals surface area contributed by atoms with Gasteiger partial charge in [0, 0.05) is 13.6 Å². The molecule has 5 nitrogen and oxygen atoms in total. The Morgan fingerprint density at radius 1 is 1.29 bits per heavy atom. The summed E-state index contributed by atoms with van der Waals surface area (Å²) in [6.45, 7) is 1.66. The largest absolute Gasteiger partial charge is 0.407 e. The van der Waals surface area contributed by atoms with Gasteiger partial charge in [0.1, 0.15) is 0 Å². The van der Waals surface area contributed by atoms with Gasteiger partial charge in [-0.3, -0.25) is 0 Å². The first-order valence-electron chi connectivity index (χ1n) is 6.47. The van der Waals surface area contributed by atoms with Crippen molar-refractivity contribution < 1.29 is 4.42 Å². The standard InChI is InChI=1S/C12H22N4O/c1-13-8-11-14-15-12(17-11)16(2)9-10-6-4-3-5-7-10/h10,13H,3-9H2,1-2H3. The van der Waals surface area contributed by atoms with Crippen molar-refractivity contribution in [1.82, 2.24) is 15.5 Å². The van der Waals surface area contributed by atoms with Crippen LogP contribution in [0.3, 0.4) is 0 Å². The lowest BCUT2D eigenvalue weighted by molar-refractivity contribution is 0.355. The molecular formula is C12H22N4O. The number of hydrogen-bond donors (Lipinski definition) is 1. The normalized spacial score (nSPS) is 17.3. The van der Waals surface area contributed by atoms with Crippen LogP contribution < -0.4 is 10.2 Å². The molecule has 1 aliphatic carbocycles. The van der Waals surface area contributed by atoms with E-state index in [1.54, 1.807) is 0 Å². The van der Waals surface area contributed by atoms with Crippen molar-refractivity contribution in [2.45, 2.75) is 38.6 Å². The highest BCUT2D eigenvalue weighted by Gasteiger charge is 2.18. The molecule has 1 fully saturated rings. The molecule has 1 heterocycles. The van der Waals surface area contributed by atoms with Gasteiger partial charge in [0.2, 0.25) is 5.89 Å². The Hall–Kier alpha value is -1.10. The van der Waals surface area contributed by atoms with E-state index in [0.717, 1.165) is 12.5 Å². The minimum absolute atomic E-state index is 0.629. The highest BCUT2D eigenvalue weighted by Crippen LogP contribution is 2.25. The lowest BCUT2D eigenvalue weighted by Gasteiger charge is -2.25. The third kappa shape index (κ3) is 3.43. The van der Waals surface area contributed by atoms with Crippen molar-refractivity contribution in [2.24, 2.45) is 5.92 Å². The molecule has 1 saturated carbocycles. The molecule has 0 radical (unpaired) electrons. The summed E-state index contributed by atoms with van der Waals surface area (Å²) >= 11 is 0. The van der Waals surface area contributed by atoms with Crippen LogP contribution in [0, 0.1) is 5.92 Å². The molecule has 1 N–H and O–H groups in total. The van der Waals surface area contributed by atoms with Gasteiger partial charge in [-0.2, -0.15) is 0 Å². The van der Waals surface area contributed by atoms with Crippen LogP contribution in [0.25, 0.3) is 0 Å². The molecule has 0 unspecified atom stereocenters. The molecule has 0 aromatic carbocycles. The summed E-state index contributed by atoms with van der Waals surface area (Å²) in [5.74, 6) is 1.44. The number of aromatic nitrogens is 2. The molecule has 0 saturated heterocycles. The van der Waals surface area contributed by atoms with E-state index >= 15 is 0 Å². The lowest BCUT2D eigenvalue weighted by atomic mass is 9.89. The van der Waals surface area contributed by atoms with Crippen LogP contribution in [0.15, 0.2) is 4.42 Å². The van der Waals surface area contributed by atoms with Gasteiger partial charge in [0.25, 0.3) is 0 Å². The first-order valence-corrected chi connectivity index (χ1v) is 6.47. The van der Waals surface area contributed by atoms with E-state index in [4.69, 9.17) is 4.42 Å². The zero-order chi connectivity index (χ0) is 12.1. The summed E-state index contributed by atoms with van der Waals surface area (Å²) in [6, 6.07) is 0.640. The fourth-order valence-corrected chi connectivity index (χ4v) is 2.46. The minimum atomic E-state index is 0.629. The van der Waals surface area contributed by atoms with E-state index < -0.39 is 0 Å². The van der Waals surface area contributed by atoms with Crippen molar-refractivity contribution in [3.8, 4) is 0 Å². The van der Waals surface area contributed by atoms with Gasteiger partial charge in [-0.1, -0.05) is 24.4 Å². The summed E-state index contributed by atoms with van der Waals surface area (Å²) in [6.07, 6.45) is 6.80. The fraction of sp³-hybridized carbons (Fsp3) is 0.833. The van der Waals surface area contributed by atoms with Crippen LogP contribution in [-0.2, 0) is 6.54 Å². The molecule has 96 valence electrons. The topological polar surface area (TPSA) is 54.2 Å². The van der Waals surface area contributed by atoms with Crippen LogP contribution in [0.1, 0.15) is 38.0 Å². The molecule has 0 atom stereocenters. The smallest absolute Gasteiger partial charge is 0.317 e. The average Bonchev–Trinajstić information content (AvgIpc) is 2.79. The Labute approximate surface area is 103 Å². The monoisotopic (exact) mass is 238 g/mol. The molecule has 2 rings (SSSR count). The molecule has 1 aliphatic rings. The van der Waals surface area contributed by atoms with Crippen LogP contribution in [0.2, 0.25) is 0 Å². The Morgan fingerprint density at radius 3 is 2.76 bits per heavy atom. The van der Waals surface area contributed by atoms with Gasteiger partial charge in [-0.15, -0.1) is 5.10 Å². The zero-order valence-corrected chi connectivity index (χ0v) is 10.8. The van der Waals surface area contributed by atoms with E-state index in [0.29, 0.717) is 18.5 Å². The predicted octanol–water partition coefficient (Wildman–Crippen LogP) is 1.81. The maximum Gasteiger partial charge on any atom is 0.317 e. The van der Waals surface area contributed by atoms with Crippen molar-refractivity contribution in [3.05, 3.63) is 5.89 Å². The van der Waals surface area contributed by atoms with Crippen LogP contribution in [-0.4, -0.2) is 30.8 Å². The number of hydrogen-bond acceptors (Lipinski definition) is 5. The fourth-order valence-electron chi connectivity index (χ4n) is 2.46. The lowest BCUT2D eigenvalue weighted by Crippen LogP contribution is -2.27. The van der Waals surface area contributed by atoms with Crippen molar-refractivity contribution in [3.63, 3.8) is 0 Å². The average molecular weight is 238 g/mol. The Kier molecular flexibility index (Phi) is 4.36. The van der Waals surface area contributed by atoms with E-state index in [9.17, 15) is 0 Å². The molecule has 17 heavy (non-hydrogen) atoms. The second-order valence-corrected chi connectivity index (χ2v) is 4.89. The summed E-state index contributed by atoms with van der Waals surface area (Å²) in [5, 5.41) is 11.1. The van der Waals surface area contributed by atoms with E-state index in [2.05, 4.69) is 20.4 Å². The predicted molar refractivity (Wildman–Crippen MR) is 66.9 cm³/mol. The summed E-state index contributed by atoms with van der Waals surface area (Å²) in [5.41, 5.74) is 0. The Bertz CT molecular complexity index is 333. The number of nitrogens with one attached hydrogen (secondary N) is 1. The highest BCUT2D eigenvalue weighted by molar-refractivity contribution is 5.21. The Balaban J connectivity index is 1.86. The number of nitrogens with zero attached hydrogens (tertiary/aromatic N) is 3. The second-order valence-electron chi connectivity index (χ2n) is 4.89. The molecule has 1 aromatic heterocycles. The van der Waals surface area contributed by atoms with Crippen molar-refractivity contribution >= 4 is 6.01 Å².